The minimum absolute atomic E-state index is 0.0664. The number of aryl methyl sites for hydroxylation is 1. The lowest BCUT2D eigenvalue weighted by Gasteiger charge is -2.15. The Morgan fingerprint density at radius 2 is 2.00 bits per heavy atom. The summed E-state index contributed by atoms with van der Waals surface area (Å²) < 4.78 is 33.0. The molecule has 1 heterocycles. The summed E-state index contributed by atoms with van der Waals surface area (Å²) in [5.41, 5.74) is 2.19. The molecule has 7 nitrogen and oxygen atoms in total. The van der Waals surface area contributed by atoms with Gasteiger partial charge in [0.2, 0.25) is 0 Å². The average molecular weight is 359 g/mol. The summed E-state index contributed by atoms with van der Waals surface area (Å²) in [5.74, 6) is -2.38. The van der Waals surface area contributed by atoms with E-state index in [2.05, 4.69) is 20.8 Å². The molecule has 0 fully saturated rings. The first-order chi connectivity index (χ1) is 12.4. The normalized spacial score (nSPS) is 11.8. The van der Waals surface area contributed by atoms with Gasteiger partial charge in [-0.3, -0.25) is 4.79 Å². The summed E-state index contributed by atoms with van der Waals surface area (Å²) in [5, 5.41) is 13.7. The summed E-state index contributed by atoms with van der Waals surface area (Å²) in [7, 11) is 0. The number of aromatic nitrogens is 4. The molecule has 1 N–H and O–H groups in total. The Hall–Kier alpha value is -3.36. The molecule has 1 atom stereocenters. The number of benzene rings is 2. The molecule has 0 aliphatic heterocycles. The minimum Gasteiger partial charge on any atom is -0.481 e. The molecule has 0 saturated heterocycles. The van der Waals surface area contributed by atoms with Crippen LogP contribution in [0, 0.1) is 18.6 Å². The minimum atomic E-state index is -1.04. The van der Waals surface area contributed by atoms with Gasteiger partial charge in [-0.2, -0.15) is 0 Å². The van der Waals surface area contributed by atoms with Crippen molar-refractivity contribution < 1.29 is 18.3 Å². The van der Waals surface area contributed by atoms with Crippen molar-refractivity contribution in [3.63, 3.8) is 0 Å². The predicted molar refractivity (Wildman–Crippen MR) is 89.0 cm³/mol. The second kappa shape index (κ2) is 7.26. The standard InChI is InChI=1S/C17H15F2N5O2/c1-10-7-12(3-6-16(10)24-9-20-22-23-24)21-17(25)11(2)26-13-4-5-14(18)15(19)8-13/h3-9,11H,1-2H3,(H,21,25). The Morgan fingerprint density at radius 1 is 1.19 bits per heavy atom. The zero-order valence-corrected chi connectivity index (χ0v) is 14.0. The second-order valence-corrected chi connectivity index (χ2v) is 5.58. The number of hydrogen-bond donors (Lipinski definition) is 1. The fraction of sp³-hybridized carbons (Fsp3) is 0.176. The number of hydrogen-bond acceptors (Lipinski definition) is 5. The van der Waals surface area contributed by atoms with Gasteiger partial charge in [-0.05, 0) is 60.2 Å². The van der Waals surface area contributed by atoms with E-state index in [9.17, 15) is 13.6 Å². The Labute approximate surface area is 147 Å². The van der Waals surface area contributed by atoms with Gasteiger partial charge in [-0.1, -0.05) is 0 Å². The molecule has 3 rings (SSSR count). The average Bonchev–Trinajstić information content (AvgIpc) is 3.12. The van der Waals surface area contributed by atoms with Gasteiger partial charge < -0.3 is 10.1 Å². The van der Waals surface area contributed by atoms with Crippen molar-refractivity contribution in [3.8, 4) is 11.4 Å². The van der Waals surface area contributed by atoms with Crippen LogP contribution in [0.5, 0.6) is 5.75 Å². The highest BCUT2D eigenvalue weighted by Crippen LogP contribution is 2.20. The third kappa shape index (κ3) is 3.82. The van der Waals surface area contributed by atoms with Gasteiger partial charge in [0.25, 0.3) is 5.91 Å². The lowest BCUT2D eigenvalue weighted by Crippen LogP contribution is -2.30. The maximum atomic E-state index is 13.2. The Bertz CT molecular complexity index is 931. The third-order valence-corrected chi connectivity index (χ3v) is 3.63. The molecule has 2 aromatic carbocycles. The number of nitrogens with one attached hydrogen (secondary N) is 1. The quantitative estimate of drug-likeness (QED) is 0.757. The van der Waals surface area contributed by atoms with Gasteiger partial charge in [0.1, 0.15) is 12.1 Å². The van der Waals surface area contributed by atoms with Crippen LogP contribution in [0.3, 0.4) is 0 Å². The lowest BCUT2D eigenvalue weighted by atomic mass is 10.1. The molecule has 1 unspecified atom stereocenters. The highest BCUT2D eigenvalue weighted by atomic mass is 19.2. The largest absolute Gasteiger partial charge is 0.481 e. The molecule has 0 saturated carbocycles. The van der Waals surface area contributed by atoms with E-state index < -0.39 is 23.6 Å². The van der Waals surface area contributed by atoms with E-state index in [4.69, 9.17) is 4.74 Å². The molecule has 0 aliphatic carbocycles. The molecule has 26 heavy (non-hydrogen) atoms. The van der Waals surface area contributed by atoms with Crippen LogP contribution in [0.2, 0.25) is 0 Å². The van der Waals surface area contributed by atoms with E-state index in [-0.39, 0.29) is 5.75 Å². The molecule has 134 valence electrons. The maximum Gasteiger partial charge on any atom is 0.265 e. The summed E-state index contributed by atoms with van der Waals surface area (Å²) in [6.07, 6.45) is 0.567. The number of carbonyl (C=O) groups is 1. The fourth-order valence-corrected chi connectivity index (χ4v) is 2.31. The molecule has 0 aliphatic rings. The van der Waals surface area contributed by atoms with Crippen molar-refractivity contribution in [2.75, 3.05) is 5.32 Å². The topological polar surface area (TPSA) is 81.9 Å². The first-order valence-corrected chi connectivity index (χ1v) is 7.70. The van der Waals surface area contributed by atoms with E-state index in [0.29, 0.717) is 5.69 Å². The first-order valence-electron chi connectivity index (χ1n) is 7.70. The van der Waals surface area contributed by atoms with Gasteiger partial charge in [0, 0.05) is 11.8 Å². The highest BCUT2D eigenvalue weighted by molar-refractivity contribution is 5.94. The number of carbonyl (C=O) groups excluding carboxylic acids is 1. The Balaban J connectivity index is 1.67. The van der Waals surface area contributed by atoms with Crippen molar-refractivity contribution in [3.05, 3.63) is 59.9 Å². The van der Waals surface area contributed by atoms with Crippen molar-refractivity contribution in [1.82, 2.24) is 20.2 Å². The van der Waals surface area contributed by atoms with E-state index in [1.807, 2.05) is 6.92 Å². The zero-order chi connectivity index (χ0) is 18.7. The fourth-order valence-electron chi connectivity index (χ4n) is 2.31. The van der Waals surface area contributed by atoms with Gasteiger partial charge in [0.15, 0.2) is 17.7 Å². The Kier molecular flexibility index (Phi) is 4.87. The summed E-state index contributed by atoms with van der Waals surface area (Å²) in [6, 6.07) is 8.32. The number of rotatable bonds is 5. The van der Waals surface area contributed by atoms with Crippen LogP contribution in [0.15, 0.2) is 42.7 Å². The lowest BCUT2D eigenvalue weighted by molar-refractivity contribution is -0.122. The van der Waals surface area contributed by atoms with Gasteiger partial charge >= 0.3 is 0 Å². The number of amides is 1. The summed E-state index contributed by atoms with van der Waals surface area (Å²) >= 11 is 0. The molecule has 9 heteroatoms. The number of nitrogens with zero attached hydrogens (tertiary/aromatic N) is 4. The summed E-state index contributed by atoms with van der Waals surface area (Å²) in [6.45, 7) is 3.37. The van der Waals surface area contributed by atoms with Crippen molar-refractivity contribution >= 4 is 11.6 Å². The van der Waals surface area contributed by atoms with Gasteiger partial charge in [-0.25, -0.2) is 13.5 Å². The van der Waals surface area contributed by atoms with E-state index in [0.717, 1.165) is 23.4 Å². The molecule has 0 radical (unpaired) electrons. The monoisotopic (exact) mass is 359 g/mol. The molecule has 0 spiro atoms. The van der Waals surface area contributed by atoms with Crippen molar-refractivity contribution in [1.29, 1.82) is 0 Å². The van der Waals surface area contributed by atoms with Crippen LogP contribution in [-0.4, -0.2) is 32.2 Å². The van der Waals surface area contributed by atoms with Crippen molar-refractivity contribution in [2.24, 2.45) is 0 Å². The Morgan fingerprint density at radius 3 is 2.65 bits per heavy atom. The predicted octanol–water partition coefficient (Wildman–Crippen LogP) is 2.65. The summed E-state index contributed by atoms with van der Waals surface area (Å²) in [4.78, 5) is 12.3. The maximum absolute atomic E-state index is 13.2. The van der Waals surface area contributed by atoms with Crippen LogP contribution in [-0.2, 0) is 4.79 Å². The number of anilines is 1. The van der Waals surface area contributed by atoms with Crippen LogP contribution < -0.4 is 10.1 Å². The van der Waals surface area contributed by atoms with Crippen LogP contribution in [0.25, 0.3) is 5.69 Å². The second-order valence-electron chi connectivity index (χ2n) is 5.58. The molecule has 3 aromatic rings. The number of ether oxygens (including phenoxy) is 1. The van der Waals surface area contributed by atoms with Crippen LogP contribution >= 0.6 is 0 Å². The van der Waals surface area contributed by atoms with E-state index >= 15 is 0 Å². The van der Waals surface area contributed by atoms with Crippen LogP contribution in [0.1, 0.15) is 12.5 Å². The van der Waals surface area contributed by atoms with Gasteiger partial charge in [-0.15, -0.1) is 5.10 Å². The third-order valence-electron chi connectivity index (χ3n) is 3.63. The zero-order valence-electron chi connectivity index (χ0n) is 14.0. The highest BCUT2D eigenvalue weighted by Gasteiger charge is 2.16. The first kappa shape index (κ1) is 17.5. The smallest absolute Gasteiger partial charge is 0.265 e. The molecule has 1 aromatic heterocycles. The van der Waals surface area contributed by atoms with E-state index in [1.165, 1.54) is 24.0 Å². The van der Waals surface area contributed by atoms with Crippen molar-refractivity contribution in [2.45, 2.75) is 20.0 Å². The molecule has 1 amide bonds. The number of tetrazole rings is 1. The number of halogens is 2. The van der Waals surface area contributed by atoms with Gasteiger partial charge in [0.05, 0.1) is 5.69 Å². The van der Waals surface area contributed by atoms with Crippen LogP contribution in [0.4, 0.5) is 14.5 Å². The molecule has 0 bridgehead atoms. The molecular weight excluding hydrogens is 344 g/mol. The van der Waals surface area contributed by atoms with E-state index in [1.54, 1.807) is 18.2 Å². The SMILES string of the molecule is Cc1cc(NC(=O)C(C)Oc2ccc(F)c(F)c2)ccc1-n1cnnn1. The molecular formula is C17H15F2N5O2.